The summed E-state index contributed by atoms with van der Waals surface area (Å²) in [4.78, 5) is 27.1. The standard InChI is InChI=1S/C17H14FN5O2/c18-11-2-1-10(7-12(19)17(24)25)15(13-3-5-20-8-22-13)16(11)14-4-6-21-9-23-14/h1-6,8-9,12H,7,19H2,(H,24,25). The molecule has 0 saturated carbocycles. The van der Waals surface area contributed by atoms with Gasteiger partial charge in [-0.05, 0) is 30.2 Å². The van der Waals surface area contributed by atoms with E-state index in [1.807, 2.05) is 0 Å². The number of nitrogens with two attached hydrogens (primary N) is 1. The summed E-state index contributed by atoms with van der Waals surface area (Å²) in [5.74, 6) is -1.64. The Balaban J connectivity index is 2.25. The third-order valence-corrected chi connectivity index (χ3v) is 3.67. The van der Waals surface area contributed by atoms with E-state index in [0.29, 0.717) is 22.5 Å². The minimum absolute atomic E-state index is 0.0209. The van der Waals surface area contributed by atoms with Crippen molar-refractivity contribution in [1.82, 2.24) is 19.9 Å². The molecule has 0 fully saturated rings. The number of aliphatic carboxylic acids is 1. The maximum absolute atomic E-state index is 14.6. The molecule has 0 amide bonds. The van der Waals surface area contributed by atoms with Crippen LogP contribution in [0.4, 0.5) is 4.39 Å². The van der Waals surface area contributed by atoms with E-state index in [1.165, 1.54) is 37.2 Å². The van der Waals surface area contributed by atoms with Crippen molar-refractivity contribution in [3.8, 4) is 22.5 Å². The molecule has 3 rings (SSSR count). The van der Waals surface area contributed by atoms with Crippen molar-refractivity contribution >= 4 is 5.97 Å². The topological polar surface area (TPSA) is 115 Å². The maximum Gasteiger partial charge on any atom is 0.320 e. The highest BCUT2D eigenvalue weighted by Crippen LogP contribution is 2.35. The molecular weight excluding hydrogens is 325 g/mol. The van der Waals surface area contributed by atoms with E-state index in [0.717, 1.165) is 0 Å². The van der Waals surface area contributed by atoms with E-state index in [9.17, 15) is 9.18 Å². The second kappa shape index (κ2) is 7.10. The first kappa shape index (κ1) is 16.6. The monoisotopic (exact) mass is 339 g/mol. The van der Waals surface area contributed by atoms with Crippen molar-refractivity contribution in [2.24, 2.45) is 5.73 Å². The minimum atomic E-state index is -1.14. The number of carboxylic acid groups (broad SMARTS) is 1. The van der Waals surface area contributed by atoms with Crippen molar-refractivity contribution in [2.75, 3.05) is 0 Å². The van der Waals surface area contributed by atoms with E-state index in [1.54, 1.807) is 12.1 Å². The van der Waals surface area contributed by atoms with Crippen LogP contribution in [0.25, 0.3) is 22.5 Å². The quantitative estimate of drug-likeness (QED) is 0.727. The number of hydrogen-bond donors (Lipinski definition) is 2. The zero-order valence-electron chi connectivity index (χ0n) is 13.0. The summed E-state index contributed by atoms with van der Waals surface area (Å²) in [6, 6.07) is 4.86. The fourth-order valence-corrected chi connectivity index (χ4v) is 2.53. The molecule has 3 aromatic rings. The number of hydrogen-bond acceptors (Lipinski definition) is 6. The van der Waals surface area contributed by atoms with Gasteiger partial charge in [0, 0.05) is 23.5 Å². The van der Waals surface area contributed by atoms with Crippen LogP contribution >= 0.6 is 0 Å². The van der Waals surface area contributed by atoms with Gasteiger partial charge in [-0.2, -0.15) is 0 Å². The summed E-state index contributed by atoms with van der Waals surface area (Å²) in [6.07, 6.45) is 5.70. The van der Waals surface area contributed by atoms with Crippen molar-refractivity contribution in [3.63, 3.8) is 0 Å². The smallest absolute Gasteiger partial charge is 0.320 e. The van der Waals surface area contributed by atoms with E-state index >= 15 is 0 Å². The van der Waals surface area contributed by atoms with E-state index in [4.69, 9.17) is 10.8 Å². The molecule has 0 aliphatic heterocycles. The Morgan fingerprint density at radius 1 is 1.04 bits per heavy atom. The Bertz CT molecular complexity index is 890. The van der Waals surface area contributed by atoms with Gasteiger partial charge in [0.2, 0.25) is 0 Å². The number of carbonyl (C=O) groups is 1. The molecule has 7 nitrogen and oxygen atoms in total. The van der Waals surface area contributed by atoms with Gasteiger partial charge in [-0.25, -0.2) is 24.3 Å². The molecule has 3 N–H and O–H groups in total. The van der Waals surface area contributed by atoms with Gasteiger partial charge in [0.05, 0.1) is 11.4 Å². The van der Waals surface area contributed by atoms with Crippen LogP contribution in [0.1, 0.15) is 5.56 Å². The molecule has 0 aliphatic rings. The van der Waals surface area contributed by atoms with Gasteiger partial charge in [0.25, 0.3) is 0 Å². The second-order valence-corrected chi connectivity index (χ2v) is 5.29. The molecule has 2 heterocycles. The summed E-state index contributed by atoms with van der Waals surface area (Å²) < 4.78 is 14.6. The van der Waals surface area contributed by atoms with Crippen LogP contribution < -0.4 is 5.73 Å². The van der Waals surface area contributed by atoms with Gasteiger partial charge in [-0.1, -0.05) is 6.07 Å². The Kier molecular flexibility index (Phi) is 4.71. The van der Waals surface area contributed by atoms with Gasteiger partial charge in [0.1, 0.15) is 24.5 Å². The van der Waals surface area contributed by atoms with Gasteiger partial charge < -0.3 is 10.8 Å². The molecule has 1 unspecified atom stereocenters. The molecule has 1 aromatic carbocycles. The molecule has 0 spiro atoms. The Hall–Kier alpha value is -3.26. The molecule has 1 atom stereocenters. The largest absolute Gasteiger partial charge is 0.480 e. The highest BCUT2D eigenvalue weighted by Gasteiger charge is 2.22. The first-order chi connectivity index (χ1) is 12.1. The van der Waals surface area contributed by atoms with Crippen molar-refractivity contribution < 1.29 is 14.3 Å². The lowest BCUT2D eigenvalue weighted by atomic mass is 9.91. The number of halogens is 1. The van der Waals surface area contributed by atoms with E-state index in [-0.39, 0.29) is 12.0 Å². The maximum atomic E-state index is 14.6. The Morgan fingerprint density at radius 2 is 1.64 bits per heavy atom. The lowest BCUT2D eigenvalue weighted by molar-refractivity contribution is -0.138. The molecule has 2 aromatic heterocycles. The highest BCUT2D eigenvalue weighted by molar-refractivity contribution is 5.84. The summed E-state index contributed by atoms with van der Waals surface area (Å²) >= 11 is 0. The third-order valence-electron chi connectivity index (χ3n) is 3.67. The average Bonchev–Trinajstić information content (AvgIpc) is 2.64. The van der Waals surface area contributed by atoms with Crippen molar-refractivity contribution in [2.45, 2.75) is 12.5 Å². The number of aromatic nitrogens is 4. The minimum Gasteiger partial charge on any atom is -0.480 e. The number of rotatable bonds is 5. The summed E-state index contributed by atoms with van der Waals surface area (Å²) in [5, 5.41) is 9.10. The number of nitrogens with zero attached hydrogens (tertiary/aromatic N) is 4. The Labute approximate surface area is 142 Å². The van der Waals surface area contributed by atoms with Gasteiger partial charge in [-0.3, -0.25) is 4.79 Å². The molecule has 0 saturated heterocycles. The summed E-state index contributed by atoms with van der Waals surface area (Å²) in [5.41, 5.74) is 7.71. The summed E-state index contributed by atoms with van der Waals surface area (Å²) in [6.45, 7) is 0. The number of carboxylic acids is 1. The Morgan fingerprint density at radius 3 is 2.16 bits per heavy atom. The molecule has 25 heavy (non-hydrogen) atoms. The zero-order valence-corrected chi connectivity index (χ0v) is 13.0. The van der Waals surface area contributed by atoms with Gasteiger partial charge >= 0.3 is 5.97 Å². The molecule has 126 valence electrons. The predicted octanol–water partition coefficient (Wildman–Crippen LogP) is 1.69. The van der Waals surface area contributed by atoms with Crippen molar-refractivity contribution in [1.29, 1.82) is 0 Å². The lowest BCUT2D eigenvalue weighted by Crippen LogP contribution is -2.32. The first-order valence-corrected chi connectivity index (χ1v) is 7.40. The van der Waals surface area contributed by atoms with Crippen LogP contribution in [0, 0.1) is 5.82 Å². The lowest BCUT2D eigenvalue weighted by Gasteiger charge is -2.16. The van der Waals surface area contributed by atoms with Gasteiger partial charge in [-0.15, -0.1) is 0 Å². The molecular formula is C17H14FN5O2. The van der Waals surface area contributed by atoms with Crippen LogP contribution in [-0.2, 0) is 11.2 Å². The average molecular weight is 339 g/mol. The normalized spacial score (nSPS) is 11.9. The van der Waals surface area contributed by atoms with Crippen LogP contribution in [0.2, 0.25) is 0 Å². The molecule has 8 heteroatoms. The van der Waals surface area contributed by atoms with E-state index in [2.05, 4.69) is 19.9 Å². The molecule has 0 aliphatic carbocycles. The van der Waals surface area contributed by atoms with Crippen LogP contribution in [-0.4, -0.2) is 37.1 Å². The highest BCUT2D eigenvalue weighted by atomic mass is 19.1. The number of benzene rings is 1. The van der Waals surface area contributed by atoms with Crippen LogP contribution in [0.5, 0.6) is 0 Å². The molecule has 0 radical (unpaired) electrons. The van der Waals surface area contributed by atoms with E-state index < -0.39 is 17.8 Å². The SMILES string of the molecule is NC(Cc1ccc(F)c(-c2ccncn2)c1-c1ccncn1)C(=O)O. The summed E-state index contributed by atoms with van der Waals surface area (Å²) in [7, 11) is 0. The third kappa shape index (κ3) is 3.48. The van der Waals surface area contributed by atoms with Gasteiger partial charge in [0.15, 0.2) is 0 Å². The fraction of sp³-hybridized carbons (Fsp3) is 0.118. The zero-order chi connectivity index (χ0) is 17.8. The van der Waals surface area contributed by atoms with Crippen LogP contribution in [0.15, 0.2) is 49.3 Å². The predicted molar refractivity (Wildman–Crippen MR) is 87.8 cm³/mol. The fourth-order valence-electron chi connectivity index (χ4n) is 2.53. The van der Waals surface area contributed by atoms with Crippen molar-refractivity contribution in [3.05, 3.63) is 60.7 Å². The van der Waals surface area contributed by atoms with Crippen LogP contribution in [0.3, 0.4) is 0 Å². The second-order valence-electron chi connectivity index (χ2n) is 5.29. The molecule has 0 bridgehead atoms. The first-order valence-electron chi connectivity index (χ1n) is 7.40.